The summed E-state index contributed by atoms with van der Waals surface area (Å²) in [6.07, 6.45) is 0. The van der Waals surface area contributed by atoms with Crippen molar-refractivity contribution in [3.8, 4) is 5.75 Å². The molecule has 1 radical (unpaired) electrons. The van der Waals surface area contributed by atoms with Gasteiger partial charge in [0.25, 0.3) is 9.04 Å². The van der Waals surface area contributed by atoms with Gasteiger partial charge in [-0.15, -0.1) is 0 Å². The average Bonchev–Trinajstić information content (AvgIpc) is 2.06. The quantitative estimate of drug-likeness (QED) is 0.733. The molecule has 1 nitrogen and oxygen atoms in total. The Labute approximate surface area is 103 Å². The molecule has 0 spiro atoms. The van der Waals surface area contributed by atoms with Crippen molar-refractivity contribution < 1.29 is 4.43 Å². The third-order valence-electron chi connectivity index (χ3n) is 2.11. The number of benzene rings is 1. The third-order valence-corrected chi connectivity index (χ3v) is 3.39. The van der Waals surface area contributed by atoms with Crippen LogP contribution in [-0.4, -0.2) is 9.04 Å². The lowest BCUT2D eigenvalue weighted by molar-refractivity contribution is 0.558. The van der Waals surface area contributed by atoms with E-state index in [2.05, 4.69) is 68.0 Å². The van der Waals surface area contributed by atoms with Crippen molar-refractivity contribution >= 4 is 25.0 Å². The number of rotatable bonds is 2. The standard InChI is InChI=1S/C12H18BrOSi/c1-12(2,3)9-6-7-10(13)11(8-9)14-15(4)5/h6-8H,1-5H3. The smallest absolute Gasteiger partial charge is 0.274 e. The lowest BCUT2D eigenvalue weighted by atomic mass is 9.87. The monoisotopic (exact) mass is 285 g/mol. The summed E-state index contributed by atoms with van der Waals surface area (Å²) in [5.74, 6) is 0.973. The van der Waals surface area contributed by atoms with Crippen molar-refractivity contribution in [3.63, 3.8) is 0 Å². The van der Waals surface area contributed by atoms with Crippen LogP contribution in [0.4, 0.5) is 0 Å². The van der Waals surface area contributed by atoms with E-state index in [9.17, 15) is 0 Å². The molecular formula is C12H18BrOSi. The Hall–Kier alpha value is -0.283. The number of hydrogen-bond donors (Lipinski definition) is 0. The second kappa shape index (κ2) is 4.70. The fraction of sp³-hybridized carbons (Fsp3) is 0.500. The summed E-state index contributed by atoms with van der Waals surface area (Å²) < 4.78 is 6.88. The van der Waals surface area contributed by atoms with Crippen molar-refractivity contribution in [3.05, 3.63) is 28.2 Å². The predicted molar refractivity (Wildman–Crippen MR) is 71.0 cm³/mol. The highest BCUT2D eigenvalue weighted by atomic mass is 79.9. The van der Waals surface area contributed by atoms with Crippen LogP contribution in [0, 0.1) is 0 Å². The zero-order valence-electron chi connectivity index (χ0n) is 10.0. The summed E-state index contributed by atoms with van der Waals surface area (Å²) in [6, 6.07) is 6.36. The number of halogens is 1. The molecular weight excluding hydrogens is 268 g/mol. The number of hydrogen-bond acceptors (Lipinski definition) is 1. The topological polar surface area (TPSA) is 9.23 Å². The molecule has 0 fully saturated rings. The normalized spacial score (nSPS) is 11.9. The van der Waals surface area contributed by atoms with Gasteiger partial charge in [0.15, 0.2) is 0 Å². The Bertz CT molecular complexity index is 342. The van der Waals surface area contributed by atoms with Gasteiger partial charge in [-0.3, -0.25) is 0 Å². The van der Waals surface area contributed by atoms with E-state index in [0.717, 1.165) is 10.2 Å². The predicted octanol–water partition coefficient (Wildman–Crippen LogP) is 4.38. The van der Waals surface area contributed by atoms with Crippen LogP contribution in [-0.2, 0) is 5.41 Å². The molecule has 0 aliphatic rings. The molecule has 0 aliphatic heterocycles. The molecule has 0 saturated heterocycles. The Morgan fingerprint density at radius 2 is 1.80 bits per heavy atom. The second-order valence-corrected chi connectivity index (χ2v) is 7.78. The molecule has 3 heteroatoms. The first kappa shape index (κ1) is 12.8. The molecule has 0 amide bonds. The summed E-state index contributed by atoms with van der Waals surface area (Å²) in [6.45, 7) is 10.9. The lowest BCUT2D eigenvalue weighted by Gasteiger charge is -2.21. The second-order valence-electron chi connectivity index (χ2n) is 4.91. The minimum atomic E-state index is -0.701. The highest BCUT2D eigenvalue weighted by Crippen LogP contribution is 2.31. The maximum Gasteiger partial charge on any atom is 0.274 e. The summed E-state index contributed by atoms with van der Waals surface area (Å²) >= 11 is 3.52. The summed E-state index contributed by atoms with van der Waals surface area (Å²) in [7, 11) is -0.701. The van der Waals surface area contributed by atoms with Crippen LogP contribution in [0.2, 0.25) is 13.1 Å². The highest BCUT2D eigenvalue weighted by molar-refractivity contribution is 9.10. The van der Waals surface area contributed by atoms with Crippen LogP contribution in [0.3, 0.4) is 0 Å². The molecule has 0 N–H and O–H groups in total. The summed E-state index contributed by atoms with van der Waals surface area (Å²) in [5, 5.41) is 0. The molecule has 83 valence electrons. The largest absolute Gasteiger partial charge is 0.542 e. The highest BCUT2D eigenvalue weighted by Gasteiger charge is 2.16. The van der Waals surface area contributed by atoms with E-state index >= 15 is 0 Å². The first-order valence-electron chi connectivity index (χ1n) is 5.09. The Balaban J connectivity index is 3.06. The average molecular weight is 286 g/mol. The Morgan fingerprint density at radius 1 is 1.20 bits per heavy atom. The van der Waals surface area contributed by atoms with Gasteiger partial charge in [-0.1, -0.05) is 26.8 Å². The minimum absolute atomic E-state index is 0.174. The van der Waals surface area contributed by atoms with E-state index in [1.807, 2.05) is 0 Å². The SMILES string of the molecule is C[Si](C)Oc1cc(C(C)(C)C)ccc1Br. The Kier molecular flexibility index (Phi) is 4.01. The van der Waals surface area contributed by atoms with E-state index in [0.29, 0.717) is 0 Å². The molecule has 1 aromatic carbocycles. The molecule has 0 saturated carbocycles. The van der Waals surface area contributed by atoms with E-state index < -0.39 is 9.04 Å². The first-order valence-corrected chi connectivity index (χ1v) is 8.29. The van der Waals surface area contributed by atoms with Crippen LogP contribution in [0.5, 0.6) is 5.75 Å². The third kappa shape index (κ3) is 3.65. The molecule has 0 aromatic heterocycles. The van der Waals surface area contributed by atoms with Crippen LogP contribution < -0.4 is 4.43 Å². The maximum absolute atomic E-state index is 5.84. The summed E-state index contributed by atoms with van der Waals surface area (Å²) in [4.78, 5) is 0. The molecule has 0 heterocycles. The molecule has 0 atom stereocenters. The van der Waals surface area contributed by atoms with Gasteiger partial charge < -0.3 is 4.43 Å². The molecule has 0 aliphatic carbocycles. The van der Waals surface area contributed by atoms with Gasteiger partial charge in [0.05, 0.1) is 4.47 Å². The molecule has 1 aromatic rings. The fourth-order valence-corrected chi connectivity index (χ4v) is 2.35. The van der Waals surface area contributed by atoms with Crippen molar-refractivity contribution in [1.29, 1.82) is 0 Å². The van der Waals surface area contributed by atoms with Crippen LogP contribution in [0.25, 0.3) is 0 Å². The molecule has 15 heavy (non-hydrogen) atoms. The van der Waals surface area contributed by atoms with E-state index in [1.54, 1.807) is 0 Å². The van der Waals surface area contributed by atoms with Crippen LogP contribution in [0.1, 0.15) is 26.3 Å². The van der Waals surface area contributed by atoms with Crippen LogP contribution >= 0.6 is 15.9 Å². The molecule has 0 unspecified atom stereocenters. The summed E-state index contributed by atoms with van der Waals surface area (Å²) in [5.41, 5.74) is 1.48. The zero-order valence-corrected chi connectivity index (χ0v) is 12.6. The fourth-order valence-electron chi connectivity index (χ4n) is 1.27. The van der Waals surface area contributed by atoms with Gasteiger partial charge in [-0.25, -0.2) is 0 Å². The van der Waals surface area contributed by atoms with Crippen molar-refractivity contribution in [2.45, 2.75) is 39.3 Å². The van der Waals surface area contributed by atoms with Gasteiger partial charge in [-0.05, 0) is 52.1 Å². The van der Waals surface area contributed by atoms with E-state index in [-0.39, 0.29) is 5.41 Å². The zero-order chi connectivity index (χ0) is 11.6. The Morgan fingerprint density at radius 3 is 2.27 bits per heavy atom. The van der Waals surface area contributed by atoms with Crippen molar-refractivity contribution in [1.82, 2.24) is 0 Å². The van der Waals surface area contributed by atoms with Crippen molar-refractivity contribution in [2.24, 2.45) is 0 Å². The maximum atomic E-state index is 5.84. The first-order chi connectivity index (χ1) is 6.80. The molecule has 0 bridgehead atoms. The van der Waals surface area contributed by atoms with Gasteiger partial charge in [0, 0.05) is 0 Å². The van der Waals surface area contributed by atoms with Crippen molar-refractivity contribution in [2.75, 3.05) is 0 Å². The van der Waals surface area contributed by atoms with Gasteiger partial charge in [0.1, 0.15) is 5.75 Å². The lowest BCUT2D eigenvalue weighted by Crippen LogP contribution is -2.14. The molecule has 1 rings (SSSR count). The van der Waals surface area contributed by atoms with Gasteiger partial charge >= 0.3 is 0 Å². The van der Waals surface area contributed by atoms with Gasteiger partial charge in [0.2, 0.25) is 0 Å². The van der Waals surface area contributed by atoms with Gasteiger partial charge in [-0.2, -0.15) is 0 Å². The van der Waals surface area contributed by atoms with E-state index in [4.69, 9.17) is 4.43 Å². The van der Waals surface area contributed by atoms with Crippen LogP contribution in [0.15, 0.2) is 22.7 Å². The van der Waals surface area contributed by atoms with E-state index in [1.165, 1.54) is 5.56 Å². The minimum Gasteiger partial charge on any atom is -0.542 e.